The van der Waals surface area contributed by atoms with E-state index >= 15 is 0 Å². The summed E-state index contributed by atoms with van der Waals surface area (Å²) in [6, 6.07) is 0.579. The lowest BCUT2D eigenvalue weighted by molar-refractivity contribution is 0.0150. The Morgan fingerprint density at radius 1 is 1.35 bits per heavy atom. The Labute approximate surface area is 123 Å². The van der Waals surface area contributed by atoms with E-state index in [0.29, 0.717) is 30.7 Å². The van der Waals surface area contributed by atoms with Crippen molar-refractivity contribution >= 4 is 8.69 Å². The molecule has 2 fully saturated rings. The van der Waals surface area contributed by atoms with E-state index in [0.717, 1.165) is 25.9 Å². The van der Waals surface area contributed by atoms with Gasteiger partial charge in [0.2, 0.25) is 0 Å². The largest absolute Gasteiger partial charge is 0.381 e. The second kappa shape index (κ2) is 7.81. The molecule has 4 atom stereocenters. The minimum absolute atomic E-state index is 0.213. The third-order valence-electron chi connectivity index (χ3n) is 4.91. The predicted octanol–water partition coefficient (Wildman–Crippen LogP) is 2.23. The molecule has 0 aromatic heterocycles. The average Bonchev–Trinajstić information content (AvgIpc) is 2.80. The molecule has 0 spiro atoms. The zero-order valence-corrected chi connectivity index (χ0v) is 13.7. The Balaban J connectivity index is 1.97. The molecule has 1 aliphatic heterocycles. The minimum Gasteiger partial charge on any atom is -0.381 e. The summed E-state index contributed by atoms with van der Waals surface area (Å²) in [5.41, 5.74) is 0. The van der Waals surface area contributed by atoms with Crippen LogP contribution in [0.4, 0.5) is 0 Å². The van der Waals surface area contributed by atoms with Crippen LogP contribution in [-0.2, 0) is 13.8 Å². The number of methoxy groups -OCH3 is 1. The van der Waals surface area contributed by atoms with Crippen LogP contribution in [0.5, 0.6) is 0 Å². The van der Waals surface area contributed by atoms with Crippen molar-refractivity contribution in [2.75, 3.05) is 41.0 Å². The highest BCUT2D eigenvalue weighted by Crippen LogP contribution is 2.42. The molecule has 116 valence electrons. The molecule has 2 rings (SSSR count). The number of fused-ring (bicyclic) bond motifs is 1. The van der Waals surface area contributed by atoms with Gasteiger partial charge in [-0.25, -0.2) is 4.57 Å². The second-order valence-corrected chi connectivity index (χ2v) is 6.77. The summed E-state index contributed by atoms with van der Waals surface area (Å²) in [4.78, 5) is 4.63. The molecule has 1 heterocycles. The van der Waals surface area contributed by atoms with Gasteiger partial charge in [-0.1, -0.05) is 0 Å². The van der Waals surface area contributed by atoms with Crippen LogP contribution in [0, 0.1) is 11.8 Å². The Kier molecular flexibility index (Phi) is 6.37. The molecule has 0 aromatic carbocycles. The van der Waals surface area contributed by atoms with Crippen LogP contribution < -0.4 is 0 Å². The fourth-order valence-electron chi connectivity index (χ4n) is 3.87. The third-order valence-corrected chi connectivity index (χ3v) is 5.13. The normalized spacial score (nSPS) is 34.8. The molecule has 6 heteroatoms. The topological polar surface area (TPSA) is 42.0 Å². The van der Waals surface area contributed by atoms with E-state index in [1.165, 1.54) is 12.8 Å². The smallest absolute Gasteiger partial charge is 0.328 e. The summed E-state index contributed by atoms with van der Waals surface area (Å²) in [6.45, 7) is 2.68. The maximum Gasteiger partial charge on any atom is 0.328 e. The maximum absolute atomic E-state index is 10.5. The lowest BCUT2D eigenvalue weighted by Crippen LogP contribution is -2.39. The number of likely N-dealkylation sites (tertiary alicyclic amines) is 1. The van der Waals surface area contributed by atoms with Gasteiger partial charge in [0.05, 0.1) is 6.10 Å². The molecule has 0 radical (unpaired) electrons. The SMILES string of the molecule is COC1CCC2C(C1)C(CCN(C)C)CN2COP=O. The van der Waals surface area contributed by atoms with Gasteiger partial charge >= 0.3 is 8.69 Å². The molecular formula is C14H27N2O3P. The summed E-state index contributed by atoms with van der Waals surface area (Å²) in [5.74, 6) is 1.40. The van der Waals surface area contributed by atoms with E-state index in [1.807, 2.05) is 7.11 Å². The summed E-state index contributed by atoms with van der Waals surface area (Å²) in [5, 5.41) is 0. The number of hydrogen-bond donors (Lipinski definition) is 0. The Morgan fingerprint density at radius 2 is 2.15 bits per heavy atom. The zero-order chi connectivity index (χ0) is 14.5. The van der Waals surface area contributed by atoms with Crippen molar-refractivity contribution in [1.82, 2.24) is 9.80 Å². The van der Waals surface area contributed by atoms with Crippen molar-refractivity contribution in [3.8, 4) is 0 Å². The van der Waals surface area contributed by atoms with Gasteiger partial charge < -0.3 is 9.64 Å². The monoisotopic (exact) mass is 302 g/mol. The van der Waals surface area contributed by atoms with Crippen LogP contribution in [0.3, 0.4) is 0 Å². The number of hydrogen-bond acceptors (Lipinski definition) is 5. The van der Waals surface area contributed by atoms with E-state index in [-0.39, 0.29) is 8.69 Å². The van der Waals surface area contributed by atoms with Crippen LogP contribution in [0.25, 0.3) is 0 Å². The van der Waals surface area contributed by atoms with Crippen LogP contribution in [0.1, 0.15) is 25.7 Å². The number of ether oxygens (including phenoxy) is 1. The minimum atomic E-state index is -0.213. The maximum atomic E-state index is 10.5. The molecule has 2 aliphatic rings. The number of nitrogens with zero attached hydrogens (tertiary/aromatic N) is 2. The van der Waals surface area contributed by atoms with E-state index in [9.17, 15) is 4.57 Å². The van der Waals surface area contributed by atoms with Crippen LogP contribution in [0.15, 0.2) is 0 Å². The van der Waals surface area contributed by atoms with E-state index in [4.69, 9.17) is 9.26 Å². The predicted molar refractivity (Wildman–Crippen MR) is 78.9 cm³/mol. The molecule has 0 amide bonds. The highest BCUT2D eigenvalue weighted by Gasteiger charge is 2.44. The van der Waals surface area contributed by atoms with Gasteiger partial charge in [-0.15, -0.1) is 0 Å². The molecule has 0 aromatic rings. The summed E-state index contributed by atoms with van der Waals surface area (Å²) >= 11 is 0. The van der Waals surface area contributed by atoms with Gasteiger partial charge in [0.1, 0.15) is 6.73 Å². The average molecular weight is 302 g/mol. The lowest BCUT2D eigenvalue weighted by Gasteiger charge is -2.36. The van der Waals surface area contributed by atoms with Gasteiger partial charge in [0.25, 0.3) is 0 Å². The molecule has 0 bridgehead atoms. The van der Waals surface area contributed by atoms with Gasteiger partial charge in [-0.05, 0) is 58.2 Å². The molecule has 1 saturated heterocycles. The first-order chi connectivity index (χ1) is 9.65. The Hall–Kier alpha value is -0.0600. The highest BCUT2D eigenvalue weighted by atomic mass is 31.1. The summed E-state index contributed by atoms with van der Waals surface area (Å²) < 4.78 is 21.2. The van der Waals surface area contributed by atoms with Crippen LogP contribution >= 0.6 is 8.69 Å². The molecule has 1 saturated carbocycles. The fourth-order valence-corrected chi connectivity index (χ4v) is 4.07. The third kappa shape index (κ3) is 3.99. The van der Waals surface area contributed by atoms with E-state index in [2.05, 4.69) is 23.9 Å². The second-order valence-electron chi connectivity index (χ2n) is 6.36. The molecule has 4 unspecified atom stereocenters. The van der Waals surface area contributed by atoms with Crippen LogP contribution in [-0.4, -0.2) is 63.0 Å². The van der Waals surface area contributed by atoms with Crippen LogP contribution in [0.2, 0.25) is 0 Å². The quantitative estimate of drug-likeness (QED) is 0.675. The first kappa shape index (κ1) is 16.3. The number of rotatable bonds is 7. The van der Waals surface area contributed by atoms with Gasteiger partial charge in [-0.3, -0.25) is 9.42 Å². The fraction of sp³-hybridized carbons (Fsp3) is 1.00. The lowest BCUT2D eigenvalue weighted by atomic mass is 9.77. The molecular weight excluding hydrogens is 275 g/mol. The van der Waals surface area contributed by atoms with Crippen molar-refractivity contribution in [2.45, 2.75) is 37.8 Å². The van der Waals surface area contributed by atoms with Crippen molar-refractivity contribution in [3.05, 3.63) is 0 Å². The standard InChI is InChI=1S/C14H27N2O3P/c1-15(2)7-6-11-9-16(10-19-20-17)14-5-4-12(18-3)8-13(11)14/h11-14H,4-10H2,1-3H3. The van der Waals surface area contributed by atoms with E-state index in [1.54, 1.807) is 0 Å². The van der Waals surface area contributed by atoms with Gasteiger partial charge in [0, 0.05) is 19.7 Å². The van der Waals surface area contributed by atoms with Gasteiger partial charge in [-0.2, -0.15) is 0 Å². The molecule has 0 N–H and O–H groups in total. The molecule has 20 heavy (non-hydrogen) atoms. The zero-order valence-electron chi connectivity index (χ0n) is 12.8. The van der Waals surface area contributed by atoms with Crippen molar-refractivity contribution in [2.24, 2.45) is 11.8 Å². The Bertz CT molecular complexity index is 317. The van der Waals surface area contributed by atoms with Gasteiger partial charge in [0.15, 0.2) is 0 Å². The van der Waals surface area contributed by atoms with E-state index < -0.39 is 0 Å². The summed E-state index contributed by atoms with van der Waals surface area (Å²) in [6.07, 6.45) is 5.09. The van der Waals surface area contributed by atoms with Crippen molar-refractivity contribution in [3.63, 3.8) is 0 Å². The first-order valence-electron chi connectivity index (χ1n) is 7.52. The Morgan fingerprint density at radius 3 is 2.80 bits per heavy atom. The first-order valence-corrected chi connectivity index (χ1v) is 8.25. The van der Waals surface area contributed by atoms with Crippen molar-refractivity contribution < 1.29 is 13.8 Å². The molecule has 1 aliphatic carbocycles. The van der Waals surface area contributed by atoms with Crippen molar-refractivity contribution in [1.29, 1.82) is 0 Å². The molecule has 5 nitrogen and oxygen atoms in total. The summed E-state index contributed by atoms with van der Waals surface area (Å²) in [7, 11) is 5.87. The highest BCUT2D eigenvalue weighted by molar-refractivity contribution is 7.17.